The van der Waals surface area contributed by atoms with E-state index in [1.807, 2.05) is 35.1 Å². The Balaban J connectivity index is 1.20. The number of amides is 1. The highest BCUT2D eigenvalue weighted by Gasteiger charge is 2.22. The minimum Gasteiger partial charge on any atom is -0.494 e. The van der Waals surface area contributed by atoms with Crippen molar-refractivity contribution < 1.29 is 14.3 Å². The molecule has 2 aliphatic rings. The number of benzene rings is 3. The van der Waals surface area contributed by atoms with Gasteiger partial charge in [-0.3, -0.25) is 14.4 Å². The zero-order chi connectivity index (χ0) is 32.6. The van der Waals surface area contributed by atoms with Crippen LogP contribution in [0.5, 0.6) is 5.75 Å². The van der Waals surface area contributed by atoms with E-state index >= 15 is 0 Å². The number of carbonyl (C=O) groups is 1. The molecule has 1 saturated heterocycles. The third-order valence-electron chi connectivity index (χ3n) is 9.09. The second-order valence-electron chi connectivity index (χ2n) is 12.6. The zero-order valence-corrected chi connectivity index (χ0v) is 28.0. The second kappa shape index (κ2) is 15.5. The molecule has 2 aliphatic heterocycles. The number of aryl methyl sites for hydroxylation is 1. The van der Waals surface area contributed by atoms with Crippen molar-refractivity contribution in [2.75, 3.05) is 43.6 Å². The lowest BCUT2D eigenvalue weighted by Crippen LogP contribution is -2.37. The van der Waals surface area contributed by atoms with Gasteiger partial charge in [-0.15, -0.1) is 0 Å². The molecule has 1 atom stereocenters. The summed E-state index contributed by atoms with van der Waals surface area (Å²) in [6.45, 7) is 9.71. The summed E-state index contributed by atoms with van der Waals surface area (Å²) in [5.41, 5.74) is 8.29. The van der Waals surface area contributed by atoms with Gasteiger partial charge < -0.3 is 19.7 Å². The minimum absolute atomic E-state index is 0.0661. The number of rotatable bonds is 12. The molecule has 3 aromatic carbocycles. The summed E-state index contributed by atoms with van der Waals surface area (Å²) in [6.07, 6.45) is 10.0. The Labute approximate surface area is 279 Å². The molecule has 1 amide bonds. The van der Waals surface area contributed by atoms with Crippen LogP contribution in [0, 0.1) is 0 Å². The summed E-state index contributed by atoms with van der Waals surface area (Å²) in [5, 5.41) is 7.66. The molecule has 1 aromatic heterocycles. The first-order valence-corrected chi connectivity index (χ1v) is 17.0. The monoisotopic (exact) mass is 633 g/mol. The number of fused-ring (bicyclic) bond motifs is 1. The van der Waals surface area contributed by atoms with E-state index in [9.17, 15) is 4.79 Å². The number of hydrogen-bond acceptors (Lipinski definition) is 6. The third-order valence-corrected chi connectivity index (χ3v) is 9.09. The number of nitrogens with one attached hydrogen (secondary N) is 1. The van der Waals surface area contributed by atoms with Gasteiger partial charge in [0.15, 0.2) is 0 Å². The first-order chi connectivity index (χ1) is 23.0. The van der Waals surface area contributed by atoms with Gasteiger partial charge >= 0.3 is 0 Å². The predicted molar refractivity (Wildman–Crippen MR) is 190 cm³/mol. The number of hydrogen-bond donors (Lipinski definition) is 1. The van der Waals surface area contributed by atoms with Crippen LogP contribution in [-0.4, -0.2) is 60.0 Å². The molecular weight excluding hydrogens is 586 g/mol. The summed E-state index contributed by atoms with van der Waals surface area (Å²) in [4.78, 5) is 18.5. The van der Waals surface area contributed by atoms with E-state index in [0.717, 1.165) is 97.2 Å². The smallest absolute Gasteiger partial charge is 0.251 e. The number of anilines is 2. The Kier molecular flexibility index (Phi) is 10.7. The highest BCUT2D eigenvalue weighted by molar-refractivity contribution is 6.07. The fourth-order valence-corrected chi connectivity index (χ4v) is 6.35. The SMILES string of the molecule is CCCOc1ccc(-c2ccc3c(c2)C=C(C(=O)Nc2ccc(CN(C)C4CCCOC4)cc2)CCN3Cc2cnn(CC)c2)cc1. The highest BCUT2D eigenvalue weighted by atomic mass is 16.5. The van der Waals surface area contributed by atoms with Crippen LogP contribution in [0.2, 0.25) is 0 Å². The number of aromatic nitrogens is 2. The average molecular weight is 634 g/mol. The van der Waals surface area contributed by atoms with Crippen molar-refractivity contribution in [2.24, 2.45) is 0 Å². The van der Waals surface area contributed by atoms with Crippen LogP contribution < -0.4 is 15.0 Å². The summed E-state index contributed by atoms with van der Waals surface area (Å²) < 4.78 is 13.4. The normalized spacial score (nSPS) is 16.4. The van der Waals surface area contributed by atoms with E-state index in [2.05, 4.69) is 95.8 Å². The largest absolute Gasteiger partial charge is 0.494 e. The van der Waals surface area contributed by atoms with Crippen molar-refractivity contribution in [3.05, 3.63) is 101 Å². The molecule has 1 unspecified atom stereocenters. The van der Waals surface area contributed by atoms with Crippen LogP contribution in [-0.2, 0) is 29.2 Å². The Morgan fingerprint density at radius 1 is 1.04 bits per heavy atom. The van der Waals surface area contributed by atoms with Crippen LogP contribution in [0.3, 0.4) is 0 Å². The fraction of sp³-hybridized carbons (Fsp3) is 0.385. The maximum absolute atomic E-state index is 13.7. The zero-order valence-electron chi connectivity index (χ0n) is 28.0. The molecule has 0 spiro atoms. The quantitative estimate of drug-likeness (QED) is 0.175. The molecule has 0 aliphatic carbocycles. The topological polar surface area (TPSA) is 71.9 Å². The van der Waals surface area contributed by atoms with Gasteiger partial charge in [0.05, 0.1) is 19.4 Å². The van der Waals surface area contributed by atoms with Crippen molar-refractivity contribution in [1.29, 1.82) is 0 Å². The Hall–Kier alpha value is -4.40. The predicted octanol–water partition coefficient (Wildman–Crippen LogP) is 7.40. The summed E-state index contributed by atoms with van der Waals surface area (Å²) in [7, 11) is 2.16. The molecule has 1 fully saturated rings. The van der Waals surface area contributed by atoms with Gasteiger partial charge in [0.2, 0.25) is 0 Å². The molecule has 1 N–H and O–H groups in total. The molecule has 246 valence electrons. The van der Waals surface area contributed by atoms with Crippen molar-refractivity contribution in [2.45, 2.75) is 65.2 Å². The Morgan fingerprint density at radius 3 is 2.57 bits per heavy atom. The van der Waals surface area contributed by atoms with Crippen molar-refractivity contribution >= 4 is 23.4 Å². The van der Waals surface area contributed by atoms with E-state index in [4.69, 9.17) is 9.47 Å². The molecular formula is C39H47N5O3. The van der Waals surface area contributed by atoms with E-state index in [-0.39, 0.29) is 5.91 Å². The van der Waals surface area contributed by atoms with E-state index < -0.39 is 0 Å². The Morgan fingerprint density at radius 2 is 1.85 bits per heavy atom. The van der Waals surface area contributed by atoms with Crippen LogP contribution in [0.1, 0.15) is 56.2 Å². The Bertz CT molecular complexity index is 1650. The molecule has 0 radical (unpaired) electrons. The molecule has 8 heteroatoms. The summed E-state index contributed by atoms with van der Waals surface area (Å²) in [5.74, 6) is 0.811. The summed E-state index contributed by atoms with van der Waals surface area (Å²) >= 11 is 0. The van der Waals surface area contributed by atoms with Gasteiger partial charge in [-0.2, -0.15) is 5.10 Å². The van der Waals surface area contributed by atoms with Crippen LogP contribution in [0.4, 0.5) is 11.4 Å². The van der Waals surface area contributed by atoms with Crippen molar-refractivity contribution in [3.8, 4) is 16.9 Å². The fourth-order valence-electron chi connectivity index (χ4n) is 6.35. The van der Waals surface area contributed by atoms with E-state index in [1.165, 1.54) is 12.0 Å². The molecule has 8 nitrogen and oxygen atoms in total. The molecule has 0 saturated carbocycles. The number of nitrogens with zero attached hydrogens (tertiary/aromatic N) is 4. The van der Waals surface area contributed by atoms with Crippen LogP contribution in [0.25, 0.3) is 17.2 Å². The van der Waals surface area contributed by atoms with Gasteiger partial charge in [-0.05, 0) is 104 Å². The second-order valence-corrected chi connectivity index (χ2v) is 12.6. The standard InChI is InChI=1S/C39H47N5O3/c1-4-20-47-37-15-10-31(11-16-37)32-12-17-38-34(22-32)23-33(18-19-43(38)26-30-24-40-44(5-2)27-30)39(45)41-35-13-8-29(9-14-35)25-42(3)36-7-6-21-46-28-36/h8-17,22-24,27,36H,4-7,18-21,25-26,28H2,1-3H3,(H,41,45). The van der Waals surface area contributed by atoms with Crippen molar-refractivity contribution in [3.63, 3.8) is 0 Å². The summed E-state index contributed by atoms with van der Waals surface area (Å²) in [6, 6.07) is 23.5. The highest BCUT2D eigenvalue weighted by Crippen LogP contribution is 2.34. The van der Waals surface area contributed by atoms with E-state index in [1.54, 1.807) is 0 Å². The minimum atomic E-state index is -0.0661. The van der Waals surface area contributed by atoms with Gasteiger partial charge in [0.1, 0.15) is 5.75 Å². The molecule has 6 rings (SSSR count). The maximum Gasteiger partial charge on any atom is 0.251 e. The van der Waals surface area contributed by atoms with Gasteiger partial charge in [0, 0.05) is 67.5 Å². The van der Waals surface area contributed by atoms with Crippen LogP contribution in [0.15, 0.2) is 84.7 Å². The van der Waals surface area contributed by atoms with Gasteiger partial charge in [-0.1, -0.05) is 37.3 Å². The molecule has 0 bridgehead atoms. The number of likely N-dealkylation sites (N-methyl/N-ethyl adjacent to an activating group) is 1. The van der Waals surface area contributed by atoms with E-state index in [0.29, 0.717) is 19.1 Å². The van der Waals surface area contributed by atoms with Crippen LogP contribution >= 0.6 is 0 Å². The van der Waals surface area contributed by atoms with Gasteiger partial charge in [-0.25, -0.2) is 0 Å². The lowest BCUT2D eigenvalue weighted by molar-refractivity contribution is -0.112. The van der Waals surface area contributed by atoms with Gasteiger partial charge in [0.25, 0.3) is 5.91 Å². The molecule has 47 heavy (non-hydrogen) atoms. The molecule has 3 heterocycles. The first-order valence-electron chi connectivity index (χ1n) is 17.0. The maximum atomic E-state index is 13.7. The first kappa shape index (κ1) is 32.5. The molecule has 4 aromatic rings. The lowest BCUT2D eigenvalue weighted by Gasteiger charge is -2.31. The number of carbonyl (C=O) groups excluding carboxylic acids is 1. The third kappa shape index (κ3) is 8.31. The number of ether oxygens (including phenoxy) is 2. The lowest BCUT2D eigenvalue weighted by atomic mass is 10.00. The average Bonchev–Trinajstić information content (AvgIpc) is 3.49. The van der Waals surface area contributed by atoms with Crippen molar-refractivity contribution in [1.82, 2.24) is 14.7 Å².